The molecule has 0 aliphatic heterocycles. The largest absolute Gasteiger partial charge is 0.466 e. The van der Waals surface area contributed by atoms with Gasteiger partial charge in [-0.3, -0.25) is 4.79 Å². The van der Waals surface area contributed by atoms with Crippen LogP contribution in [0, 0.1) is 5.41 Å². The monoisotopic (exact) mass is 129 g/mol. The number of rotatable bonds is 4. The minimum absolute atomic E-state index is 0.221. The quantitative estimate of drug-likeness (QED) is 0.454. The Labute approximate surface area is 54.5 Å². The highest BCUT2D eigenvalue weighted by atomic mass is 16.5. The molecule has 0 fully saturated rings. The lowest BCUT2D eigenvalue weighted by atomic mass is 10.3. The van der Waals surface area contributed by atoms with Crippen LogP contribution in [0.2, 0.25) is 0 Å². The van der Waals surface area contributed by atoms with Gasteiger partial charge in [0.05, 0.1) is 13.0 Å². The zero-order valence-electron chi connectivity index (χ0n) is 5.52. The van der Waals surface area contributed by atoms with Gasteiger partial charge in [0, 0.05) is 0 Å². The molecule has 0 bridgehead atoms. The van der Waals surface area contributed by atoms with Gasteiger partial charge in [0.2, 0.25) is 0 Å². The first-order valence-corrected chi connectivity index (χ1v) is 2.95. The number of ether oxygens (including phenoxy) is 1. The Morgan fingerprint density at radius 3 is 2.89 bits per heavy atom. The van der Waals surface area contributed by atoms with Crippen molar-refractivity contribution >= 4 is 12.2 Å². The van der Waals surface area contributed by atoms with Crippen molar-refractivity contribution in [2.45, 2.75) is 19.8 Å². The van der Waals surface area contributed by atoms with Crippen LogP contribution in [0.25, 0.3) is 0 Å². The summed E-state index contributed by atoms with van der Waals surface area (Å²) in [5.74, 6) is -0.221. The third-order valence-electron chi connectivity index (χ3n) is 0.798. The normalized spacial score (nSPS) is 8.56. The van der Waals surface area contributed by atoms with Crippen molar-refractivity contribution in [1.29, 1.82) is 5.41 Å². The van der Waals surface area contributed by atoms with E-state index in [0.29, 0.717) is 19.4 Å². The lowest BCUT2D eigenvalue weighted by Gasteiger charge is -1.96. The van der Waals surface area contributed by atoms with Gasteiger partial charge < -0.3 is 10.1 Å². The first kappa shape index (κ1) is 8.14. The molecule has 0 rings (SSSR count). The standard InChI is InChI=1S/C6H11NO2/c1-2-9-6(8)4-3-5-7/h5,7H,2-4H2,1H3. The van der Waals surface area contributed by atoms with E-state index in [1.807, 2.05) is 0 Å². The Bertz CT molecular complexity index is 101. The van der Waals surface area contributed by atoms with Crippen LogP contribution in [0.5, 0.6) is 0 Å². The molecule has 0 radical (unpaired) electrons. The van der Waals surface area contributed by atoms with Gasteiger partial charge in [0.15, 0.2) is 0 Å². The lowest BCUT2D eigenvalue weighted by molar-refractivity contribution is -0.142. The van der Waals surface area contributed by atoms with Crippen molar-refractivity contribution in [3.05, 3.63) is 0 Å². The van der Waals surface area contributed by atoms with E-state index in [1.54, 1.807) is 6.92 Å². The maximum absolute atomic E-state index is 10.5. The molecule has 1 N–H and O–H groups in total. The summed E-state index contributed by atoms with van der Waals surface area (Å²) in [6, 6.07) is 0. The average molecular weight is 129 g/mol. The fourth-order valence-corrected chi connectivity index (χ4v) is 0.423. The third kappa shape index (κ3) is 5.00. The molecule has 0 aromatic heterocycles. The molecule has 0 unspecified atom stereocenters. The molecule has 0 aliphatic rings. The van der Waals surface area contributed by atoms with Gasteiger partial charge in [-0.25, -0.2) is 0 Å². The summed E-state index contributed by atoms with van der Waals surface area (Å²) in [6.07, 6.45) is 2.02. The molecule has 3 nitrogen and oxygen atoms in total. The summed E-state index contributed by atoms with van der Waals surface area (Å²) in [6.45, 7) is 2.19. The van der Waals surface area contributed by atoms with Crippen LogP contribution < -0.4 is 0 Å². The van der Waals surface area contributed by atoms with Crippen LogP contribution in [-0.2, 0) is 9.53 Å². The fraction of sp³-hybridized carbons (Fsp3) is 0.667. The SMILES string of the molecule is CCOC(=O)CCC=N. The Hall–Kier alpha value is -0.860. The Morgan fingerprint density at radius 1 is 1.78 bits per heavy atom. The van der Waals surface area contributed by atoms with Gasteiger partial charge in [-0.1, -0.05) is 0 Å². The third-order valence-corrected chi connectivity index (χ3v) is 0.798. The molecule has 0 amide bonds. The Morgan fingerprint density at radius 2 is 2.44 bits per heavy atom. The molecule has 9 heavy (non-hydrogen) atoms. The fourth-order valence-electron chi connectivity index (χ4n) is 0.423. The highest BCUT2D eigenvalue weighted by Crippen LogP contribution is 1.88. The first-order chi connectivity index (χ1) is 4.31. The zero-order chi connectivity index (χ0) is 7.11. The van der Waals surface area contributed by atoms with E-state index in [4.69, 9.17) is 5.41 Å². The molecule has 0 saturated heterocycles. The minimum atomic E-state index is -0.221. The zero-order valence-corrected chi connectivity index (χ0v) is 5.52. The summed E-state index contributed by atoms with van der Waals surface area (Å²) >= 11 is 0. The van der Waals surface area contributed by atoms with E-state index in [-0.39, 0.29) is 5.97 Å². The number of esters is 1. The number of hydrogen-bond acceptors (Lipinski definition) is 3. The second-order valence-electron chi connectivity index (χ2n) is 1.55. The summed E-state index contributed by atoms with van der Waals surface area (Å²) in [5, 5.41) is 6.60. The van der Waals surface area contributed by atoms with Crippen molar-refractivity contribution in [1.82, 2.24) is 0 Å². The Balaban J connectivity index is 3.16. The summed E-state index contributed by atoms with van der Waals surface area (Å²) in [4.78, 5) is 10.5. The van der Waals surface area contributed by atoms with Gasteiger partial charge in [-0.05, 0) is 19.6 Å². The summed E-state index contributed by atoms with van der Waals surface area (Å²) in [7, 11) is 0. The molecule has 0 saturated carbocycles. The predicted molar refractivity (Wildman–Crippen MR) is 34.7 cm³/mol. The highest BCUT2D eigenvalue weighted by Gasteiger charge is 1.96. The van der Waals surface area contributed by atoms with Crippen molar-refractivity contribution in [3.63, 3.8) is 0 Å². The van der Waals surface area contributed by atoms with E-state index >= 15 is 0 Å². The molecule has 3 heteroatoms. The molecule has 0 spiro atoms. The minimum Gasteiger partial charge on any atom is -0.466 e. The van der Waals surface area contributed by atoms with Crippen LogP contribution in [-0.4, -0.2) is 18.8 Å². The number of nitrogens with one attached hydrogen (secondary N) is 1. The average Bonchev–Trinajstić information content (AvgIpc) is 1.85. The lowest BCUT2D eigenvalue weighted by Crippen LogP contribution is -2.03. The van der Waals surface area contributed by atoms with Crippen molar-refractivity contribution < 1.29 is 9.53 Å². The smallest absolute Gasteiger partial charge is 0.306 e. The maximum atomic E-state index is 10.5. The van der Waals surface area contributed by atoms with E-state index in [2.05, 4.69) is 4.74 Å². The van der Waals surface area contributed by atoms with E-state index in [9.17, 15) is 4.79 Å². The van der Waals surface area contributed by atoms with Gasteiger partial charge >= 0.3 is 5.97 Å². The molecule has 0 aromatic carbocycles. The summed E-state index contributed by atoms with van der Waals surface area (Å²) < 4.78 is 4.60. The van der Waals surface area contributed by atoms with Gasteiger partial charge in [0.25, 0.3) is 0 Å². The van der Waals surface area contributed by atoms with Crippen LogP contribution in [0.15, 0.2) is 0 Å². The predicted octanol–water partition coefficient (Wildman–Crippen LogP) is 0.979. The summed E-state index contributed by atoms with van der Waals surface area (Å²) in [5.41, 5.74) is 0. The van der Waals surface area contributed by atoms with E-state index in [0.717, 1.165) is 0 Å². The molecule has 52 valence electrons. The topological polar surface area (TPSA) is 50.2 Å². The van der Waals surface area contributed by atoms with Crippen molar-refractivity contribution in [2.24, 2.45) is 0 Å². The maximum Gasteiger partial charge on any atom is 0.306 e. The van der Waals surface area contributed by atoms with Crippen LogP contribution in [0.3, 0.4) is 0 Å². The molecule has 0 atom stereocenters. The van der Waals surface area contributed by atoms with Gasteiger partial charge in [-0.15, -0.1) is 0 Å². The first-order valence-electron chi connectivity index (χ1n) is 2.95. The molecular weight excluding hydrogens is 118 g/mol. The number of carbonyl (C=O) groups is 1. The van der Waals surface area contributed by atoms with Crippen molar-refractivity contribution in [2.75, 3.05) is 6.61 Å². The van der Waals surface area contributed by atoms with Gasteiger partial charge in [0.1, 0.15) is 0 Å². The van der Waals surface area contributed by atoms with Crippen LogP contribution in [0.1, 0.15) is 19.8 Å². The van der Waals surface area contributed by atoms with E-state index in [1.165, 1.54) is 6.21 Å². The second-order valence-corrected chi connectivity index (χ2v) is 1.55. The van der Waals surface area contributed by atoms with Crippen molar-refractivity contribution in [3.8, 4) is 0 Å². The molecule has 0 aliphatic carbocycles. The number of carbonyl (C=O) groups excluding carboxylic acids is 1. The molecule has 0 heterocycles. The van der Waals surface area contributed by atoms with E-state index < -0.39 is 0 Å². The van der Waals surface area contributed by atoms with Crippen LogP contribution >= 0.6 is 0 Å². The molecule has 0 aromatic rings. The number of hydrogen-bond donors (Lipinski definition) is 1. The highest BCUT2D eigenvalue weighted by molar-refractivity contribution is 5.72. The van der Waals surface area contributed by atoms with Gasteiger partial charge in [-0.2, -0.15) is 0 Å². The van der Waals surface area contributed by atoms with Crippen LogP contribution in [0.4, 0.5) is 0 Å². The molecular formula is C6H11NO2. The Kier molecular flexibility index (Phi) is 4.78. The second kappa shape index (κ2) is 5.28.